The van der Waals surface area contributed by atoms with Crippen LogP contribution in [0.3, 0.4) is 0 Å². The van der Waals surface area contributed by atoms with Crippen LogP contribution in [0.2, 0.25) is 0 Å². The molecular weight excluding hydrogens is 254 g/mol. The lowest BCUT2D eigenvalue weighted by Crippen LogP contribution is -2.13. The molecule has 5 heteroatoms. The van der Waals surface area contributed by atoms with E-state index in [-0.39, 0.29) is 0 Å². The molecule has 0 fully saturated rings. The first kappa shape index (κ1) is 12.3. The van der Waals surface area contributed by atoms with E-state index in [1.54, 1.807) is 30.6 Å². The van der Waals surface area contributed by atoms with Crippen LogP contribution in [0, 0.1) is 6.92 Å². The standard InChI is InChI=1S/C15H13N3O2/c1-9-17-12-5-4-10(7-13(12)18-9)14(15(19)20)11-3-2-6-16-8-11/h2-8,14H,1H3,(H,17,18)(H,19,20). The predicted octanol–water partition coefficient (Wildman–Crippen LogP) is 2.48. The first-order valence-electron chi connectivity index (χ1n) is 6.24. The summed E-state index contributed by atoms with van der Waals surface area (Å²) in [4.78, 5) is 23.0. The Bertz CT molecular complexity index is 765. The lowest BCUT2D eigenvalue weighted by molar-refractivity contribution is -0.137. The van der Waals surface area contributed by atoms with Gasteiger partial charge in [0.1, 0.15) is 11.7 Å². The van der Waals surface area contributed by atoms with Crippen molar-refractivity contribution in [2.45, 2.75) is 12.8 Å². The number of benzene rings is 1. The zero-order chi connectivity index (χ0) is 14.1. The number of aromatic amines is 1. The number of hydrogen-bond acceptors (Lipinski definition) is 3. The van der Waals surface area contributed by atoms with Crippen LogP contribution >= 0.6 is 0 Å². The van der Waals surface area contributed by atoms with Gasteiger partial charge in [-0.1, -0.05) is 12.1 Å². The van der Waals surface area contributed by atoms with Crippen molar-refractivity contribution < 1.29 is 9.90 Å². The monoisotopic (exact) mass is 267 g/mol. The van der Waals surface area contributed by atoms with E-state index in [4.69, 9.17) is 0 Å². The Labute approximate surface area is 115 Å². The Hall–Kier alpha value is -2.69. The molecule has 2 N–H and O–H groups in total. The summed E-state index contributed by atoms with van der Waals surface area (Å²) in [5.74, 6) is -0.810. The molecule has 0 aliphatic heterocycles. The average molecular weight is 267 g/mol. The van der Waals surface area contributed by atoms with Gasteiger partial charge in [-0.05, 0) is 36.2 Å². The molecule has 2 heterocycles. The number of carboxylic acid groups (broad SMARTS) is 1. The number of nitrogens with zero attached hydrogens (tertiary/aromatic N) is 2. The van der Waals surface area contributed by atoms with Crippen LogP contribution in [0.4, 0.5) is 0 Å². The number of carbonyl (C=O) groups is 1. The number of carboxylic acids is 1. The topological polar surface area (TPSA) is 78.9 Å². The van der Waals surface area contributed by atoms with Gasteiger partial charge in [-0.2, -0.15) is 0 Å². The van der Waals surface area contributed by atoms with Gasteiger partial charge in [-0.3, -0.25) is 9.78 Å². The maximum atomic E-state index is 11.6. The zero-order valence-electron chi connectivity index (χ0n) is 10.9. The molecule has 1 unspecified atom stereocenters. The normalized spacial score (nSPS) is 12.4. The Kier molecular flexibility index (Phi) is 2.95. The van der Waals surface area contributed by atoms with Gasteiger partial charge in [-0.25, -0.2) is 4.98 Å². The highest BCUT2D eigenvalue weighted by Gasteiger charge is 2.22. The van der Waals surface area contributed by atoms with E-state index in [1.165, 1.54) is 0 Å². The van der Waals surface area contributed by atoms with Crippen LogP contribution in [0.25, 0.3) is 11.0 Å². The van der Waals surface area contributed by atoms with Crippen LogP contribution < -0.4 is 0 Å². The van der Waals surface area contributed by atoms with Crippen molar-refractivity contribution in [1.29, 1.82) is 0 Å². The number of hydrogen-bond donors (Lipinski definition) is 2. The molecule has 0 saturated heterocycles. The first-order valence-corrected chi connectivity index (χ1v) is 6.24. The van der Waals surface area contributed by atoms with Crippen LogP contribution in [0.5, 0.6) is 0 Å². The minimum absolute atomic E-state index is 0.663. The minimum atomic E-state index is -0.895. The van der Waals surface area contributed by atoms with Crippen LogP contribution in [0.1, 0.15) is 22.9 Å². The van der Waals surface area contributed by atoms with Gasteiger partial charge in [-0.15, -0.1) is 0 Å². The summed E-state index contributed by atoms with van der Waals surface area (Å²) < 4.78 is 0. The summed E-state index contributed by atoms with van der Waals surface area (Å²) in [7, 11) is 0. The number of nitrogens with one attached hydrogen (secondary N) is 1. The molecule has 3 aromatic rings. The number of aromatic nitrogens is 3. The first-order chi connectivity index (χ1) is 9.65. The van der Waals surface area contributed by atoms with Crippen molar-refractivity contribution in [3.63, 3.8) is 0 Å². The van der Waals surface area contributed by atoms with Crippen molar-refractivity contribution >= 4 is 17.0 Å². The lowest BCUT2D eigenvalue weighted by Gasteiger charge is -2.12. The van der Waals surface area contributed by atoms with Gasteiger partial charge in [0.25, 0.3) is 0 Å². The van der Waals surface area contributed by atoms with E-state index in [1.807, 2.05) is 19.1 Å². The fourth-order valence-electron chi connectivity index (χ4n) is 2.36. The molecule has 0 saturated carbocycles. The van der Waals surface area contributed by atoms with E-state index in [0.29, 0.717) is 11.1 Å². The molecule has 3 rings (SSSR count). The number of aryl methyl sites for hydroxylation is 1. The van der Waals surface area contributed by atoms with E-state index >= 15 is 0 Å². The van der Waals surface area contributed by atoms with Crippen LogP contribution in [-0.4, -0.2) is 26.0 Å². The summed E-state index contributed by atoms with van der Waals surface area (Å²) in [6.07, 6.45) is 3.21. The third-order valence-corrected chi connectivity index (χ3v) is 3.22. The third kappa shape index (κ3) is 2.14. The molecule has 1 aromatic carbocycles. The van der Waals surface area contributed by atoms with E-state index in [0.717, 1.165) is 16.9 Å². The maximum absolute atomic E-state index is 11.6. The fraction of sp³-hybridized carbons (Fsp3) is 0.133. The Morgan fingerprint density at radius 3 is 2.85 bits per heavy atom. The van der Waals surface area contributed by atoms with Gasteiger partial charge < -0.3 is 10.1 Å². The second-order valence-electron chi connectivity index (χ2n) is 4.66. The van der Waals surface area contributed by atoms with Crippen molar-refractivity contribution in [1.82, 2.24) is 15.0 Å². The van der Waals surface area contributed by atoms with Gasteiger partial charge in [0.15, 0.2) is 0 Å². The van der Waals surface area contributed by atoms with Gasteiger partial charge in [0.2, 0.25) is 0 Å². The summed E-state index contributed by atoms with van der Waals surface area (Å²) >= 11 is 0. The van der Waals surface area contributed by atoms with Crippen molar-refractivity contribution in [3.8, 4) is 0 Å². The number of rotatable bonds is 3. The fourth-order valence-corrected chi connectivity index (χ4v) is 2.36. The van der Waals surface area contributed by atoms with Gasteiger partial charge in [0, 0.05) is 12.4 Å². The summed E-state index contributed by atoms with van der Waals surface area (Å²) in [6, 6.07) is 8.98. The summed E-state index contributed by atoms with van der Waals surface area (Å²) in [5, 5.41) is 9.50. The third-order valence-electron chi connectivity index (χ3n) is 3.22. The number of pyridine rings is 1. The summed E-state index contributed by atoms with van der Waals surface area (Å²) in [6.45, 7) is 1.87. The second-order valence-corrected chi connectivity index (χ2v) is 4.66. The number of fused-ring (bicyclic) bond motifs is 1. The molecule has 0 spiro atoms. The molecule has 1 atom stereocenters. The SMILES string of the molecule is Cc1nc2ccc(C(C(=O)O)c3cccnc3)cc2[nH]1. The summed E-state index contributed by atoms with van der Waals surface area (Å²) in [5.41, 5.74) is 3.05. The molecule has 100 valence electrons. The van der Waals surface area contributed by atoms with E-state index < -0.39 is 11.9 Å². The average Bonchev–Trinajstić information content (AvgIpc) is 2.79. The molecule has 0 bridgehead atoms. The van der Waals surface area contributed by atoms with Gasteiger partial charge >= 0.3 is 5.97 Å². The van der Waals surface area contributed by atoms with Gasteiger partial charge in [0.05, 0.1) is 11.0 Å². The lowest BCUT2D eigenvalue weighted by atomic mass is 9.92. The molecule has 20 heavy (non-hydrogen) atoms. The molecule has 5 nitrogen and oxygen atoms in total. The van der Waals surface area contributed by atoms with Crippen molar-refractivity contribution in [3.05, 3.63) is 59.7 Å². The Morgan fingerprint density at radius 2 is 2.15 bits per heavy atom. The molecule has 2 aromatic heterocycles. The Morgan fingerprint density at radius 1 is 1.30 bits per heavy atom. The molecule has 0 amide bonds. The van der Waals surface area contributed by atoms with Crippen LogP contribution in [-0.2, 0) is 4.79 Å². The second kappa shape index (κ2) is 4.77. The number of aliphatic carboxylic acids is 1. The van der Waals surface area contributed by atoms with Crippen LogP contribution in [0.15, 0.2) is 42.7 Å². The maximum Gasteiger partial charge on any atom is 0.315 e. The number of imidazole rings is 1. The van der Waals surface area contributed by atoms with Crippen molar-refractivity contribution in [2.75, 3.05) is 0 Å². The highest BCUT2D eigenvalue weighted by molar-refractivity contribution is 5.83. The highest BCUT2D eigenvalue weighted by Crippen LogP contribution is 2.26. The Balaban J connectivity index is 2.12. The predicted molar refractivity (Wildman–Crippen MR) is 74.5 cm³/mol. The van der Waals surface area contributed by atoms with E-state index in [2.05, 4.69) is 15.0 Å². The minimum Gasteiger partial charge on any atom is -0.481 e. The highest BCUT2D eigenvalue weighted by atomic mass is 16.4. The zero-order valence-corrected chi connectivity index (χ0v) is 10.9. The molecule has 0 radical (unpaired) electrons. The quantitative estimate of drug-likeness (QED) is 0.764. The van der Waals surface area contributed by atoms with E-state index in [9.17, 15) is 9.90 Å². The molecule has 0 aliphatic carbocycles. The number of H-pyrrole nitrogens is 1. The van der Waals surface area contributed by atoms with Crippen molar-refractivity contribution in [2.24, 2.45) is 0 Å². The molecule has 0 aliphatic rings. The smallest absolute Gasteiger partial charge is 0.315 e. The largest absolute Gasteiger partial charge is 0.481 e. The molecular formula is C15H13N3O2.